The van der Waals surface area contributed by atoms with Crippen molar-refractivity contribution >= 4 is 0 Å². The van der Waals surface area contributed by atoms with Gasteiger partial charge >= 0.3 is 0 Å². The van der Waals surface area contributed by atoms with E-state index in [0.717, 1.165) is 54.7 Å². The fourth-order valence-electron chi connectivity index (χ4n) is 7.94. The van der Waals surface area contributed by atoms with Gasteiger partial charge < -0.3 is 55.2 Å². The van der Waals surface area contributed by atoms with E-state index in [1.807, 2.05) is 12.1 Å². The van der Waals surface area contributed by atoms with E-state index in [9.17, 15) is 40.9 Å². The monoisotopic (exact) mass is 675 g/mol. The van der Waals surface area contributed by atoms with E-state index in [0.29, 0.717) is 16.5 Å². The van der Waals surface area contributed by atoms with Crippen molar-refractivity contribution in [1.29, 1.82) is 0 Å². The molecule has 0 radical (unpaired) electrons. The summed E-state index contributed by atoms with van der Waals surface area (Å²) in [5.74, 6) is 12.0. The molecule has 3 heterocycles. The van der Waals surface area contributed by atoms with Crippen molar-refractivity contribution < 1.29 is 50.3 Å². The van der Waals surface area contributed by atoms with Gasteiger partial charge in [0.15, 0.2) is 0 Å². The first-order valence-electron chi connectivity index (χ1n) is 17.1. The molecule has 10 unspecified atom stereocenters. The summed E-state index contributed by atoms with van der Waals surface area (Å²) in [7, 11) is 0. The minimum Gasteiger partial charge on any atom is -0.394 e. The quantitative estimate of drug-likeness (QED) is 0.191. The number of piperidine rings is 1. The zero-order valence-corrected chi connectivity index (χ0v) is 27.4. The molecule has 49 heavy (non-hydrogen) atoms. The highest BCUT2D eigenvalue weighted by Gasteiger charge is 2.48. The van der Waals surface area contributed by atoms with E-state index in [1.54, 1.807) is 0 Å². The lowest BCUT2D eigenvalue weighted by atomic mass is 9.70. The number of fused-ring (bicyclic) bond motifs is 5. The molecule has 11 heteroatoms. The Kier molecular flexibility index (Phi) is 9.41. The maximum Gasteiger partial charge on any atom is 0.147 e. The number of likely N-dealkylation sites (tertiary alicyclic amines) is 1. The van der Waals surface area contributed by atoms with Crippen molar-refractivity contribution in [2.45, 2.75) is 99.1 Å². The Hall–Kier alpha value is -2.88. The number of rotatable bonds is 4. The van der Waals surface area contributed by atoms with E-state index in [4.69, 9.17) is 9.47 Å². The molecular formula is C38H45NO10. The Morgan fingerprint density at radius 1 is 0.653 bits per heavy atom. The topological polar surface area (TPSA) is 184 Å². The Morgan fingerprint density at radius 2 is 1.10 bits per heavy atom. The largest absolute Gasteiger partial charge is 0.394 e. The Labute approximate surface area is 285 Å². The van der Waals surface area contributed by atoms with Gasteiger partial charge in [-0.25, -0.2) is 0 Å². The first-order valence-corrected chi connectivity index (χ1v) is 17.1. The summed E-state index contributed by atoms with van der Waals surface area (Å²) in [6, 6.07) is 12.1. The SMILES string of the molecule is CC1(CN2CCC3(CC2)c2cc(C#CC4OC(CO)C(O)C(O)C4O)ccc2-c2ccc(C#CC4OC(CO)C(O)C(O)C4O)cc23)CC1. The molecule has 4 fully saturated rings. The van der Waals surface area contributed by atoms with Crippen LogP contribution in [0, 0.1) is 29.1 Å². The second-order valence-electron chi connectivity index (χ2n) is 14.7. The van der Waals surface area contributed by atoms with E-state index in [1.165, 1.54) is 12.8 Å². The predicted molar refractivity (Wildman–Crippen MR) is 177 cm³/mol. The van der Waals surface area contributed by atoms with Crippen molar-refractivity contribution in [2.24, 2.45) is 5.41 Å². The fourth-order valence-corrected chi connectivity index (χ4v) is 7.94. The third-order valence-corrected chi connectivity index (χ3v) is 11.3. The second kappa shape index (κ2) is 13.3. The van der Waals surface area contributed by atoms with Gasteiger partial charge in [-0.2, -0.15) is 0 Å². The number of ether oxygens (including phenoxy) is 2. The highest BCUT2D eigenvalue weighted by Crippen LogP contribution is 2.55. The summed E-state index contributed by atoms with van der Waals surface area (Å²) in [5.41, 5.74) is 6.01. The highest BCUT2D eigenvalue weighted by atomic mass is 16.5. The average molecular weight is 676 g/mol. The summed E-state index contributed by atoms with van der Waals surface area (Å²) in [5, 5.41) is 80.9. The second-order valence-corrected chi connectivity index (χ2v) is 14.7. The van der Waals surface area contributed by atoms with Gasteiger partial charge in [-0.1, -0.05) is 42.7 Å². The van der Waals surface area contributed by atoms with Gasteiger partial charge in [-0.15, -0.1) is 0 Å². The Bertz CT molecular complexity index is 1570. The molecule has 0 bridgehead atoms. The predicted octanol–water partition coefficient (Wildman–Crippen LogP) is -0.763. The maximum absolute atomic E-state index is 10.5. The van der Waals surface area contributed by atoms with Gasteiger partial charge in [-0.05, 0) is 90.7 Å². The molecule has 1 spiro atoms. The molecule has 262 valence electrons. The first kappa shape index (κ1) is 34.6. The molecule has 5 aliphatic rings. The van der Waals surface area contributed by atoms with Crippen LogP contribution >= 0.6 is 0 Å². The molecule has 1 saturated carbocycles. The van der Waals surface area contributed by atoms with Gasteiger partial charge in [-0.3, -0.25) is 0 Å². The summed E-state index contributed by atoms with van der Waals surface area (Å²) in [6.07, 6.45) is -8.72. The molecule has 8 N–H and O–H groups in total. The summed E-state index contributed by atoms with van der Waals surface area (Å²) in [6.45, 7) is 4.24. The van der Waals surface area contributed by atoms with Crippen LogP contribution in [-0.2, 0) is 14.9 Å². The van der Waals surface area contributed by atoms with Crippen molar-refractivity contribution in [3.05, 3.63) is 58.7 Å². The number of hydrogen-bond donors (Lipinski definition) is 8. The van der Waals surface area contributed by atoms with Crippen molar-refractivity contribution in [2.75, 3.05) is 32.8 Å². The van der Waals surface area contributed by atoms with Crippen LogP contribution in [0.15, 0.2) is 36.4 Å². The molecule has 2 aromatic carbocycles. The molecule has 2 aromatic rings. The van der Waals surface area contributed by atoms with E-state index >= 15 is 0 Å². The van der Waals surface area contributed by atoms with E-state index in [2.05, 4.69) is 59.8 Å². The van der Waals surface area contributed by atoms with Crippen molar-refractivity contribution in [3.63, 3.8) is 0 Å². The van der Waals surface area contributed by atoms with Gasteiger partial charge in [0.1, 0.15) is 61.0 Å². The third kappa shape index (κ3) is 6.33. The molecule has 10 atom stereocenters. The van der Waals surface area contributed by atoms with E-state index < -0.39 is 74.3 Å². The molecule has 11 nitrogen and oxygen atoms in total. The number of aliphatic hydroxyl groups excluding tert-OH is 8. The van der Waals surface area contributed by atoms with Crippen LogP contribution in [0.5, 0.6) is 0 Å². The molecular weight excluding hydrogens is 630 g/mol. The van der Waals surface area contributed by atoms with Gasteiger partial charge in [0.2, 0.25) is 0 Å². The highest BCUT2D eigenvalue weighted by molar-refractivity contribution is 5.82. The number of hydrogen-bond acceptors (Lipinski definition) is 11. The molecule has 0 aromatic heterocycles. The molecule has 2 aliphatic carbocycles. The lowest BCUT2D eigenvalue weighted by Gasteiger charge is -2.42. The number of benzene rings is 2. The summed E-state index contributed by atoms with van der Waals surface area (Å²) in [4.78, 5) is 2.56. The molecule has 3 aliphatic heterocycles. The maximum atomic E-state index is 10.5. The van der Waals surface area contributed by atoms with Gasteiger partial charge in [0.05, 0.1) is 13.2 Å². The lowest BCUT2D eigenvalue weighted by molar-refractivity contribution is -0.214. The Morgan fingerprint density at radius 3 is 1.51 bits per heavy atom. The Balaban J connectivity index is 1.20. The third-order valence-electron chi connectivity index (χ3n) is 11.3. The van der Waals surface area contributed by atoms with Crippen LogP contribution in [0.3, 0.4) is 0 Å². The molecule has 7 rings (SSSR count). The summed E-state index contributed by atoms with van der Waals surface area (Å²) < 4.78 is 11.2. The zero-order valence-electron chi connectivity index (χ0n) is 27.4. The normalized spacial score (nSPS) is 35.8. The zero-order chi connectivity index (χ0) is 34.7. The standard InChI is InChI=1S/C38H45NO10/c1-37(10-11-37)20-39-14-12-38(13-15-39)25-16-21(4-8-27-31(42)35(46)33(44)29(18-40)48-27)2-6-23(25)24-7-3-22(17-26(24)38)5-9-28-32(43)36(47)34(45)30(19-41)49-28/h2-3,6-7,16-17,27-36,40-47H,10-15,18-20H2,1H3. The summed E-state index contributed by atoms with van der Waals surface area (Å²) >= 11 is 0. The number of nitrogens with zero attached hydrogens (tertiary/aromatic N) is 1. The van der Waals surface area contributed by atoms with Crippen molar-refractivity contribution in [3.8, 4) is 34.8 Å². The first-order chi connectivity index (χ1) is 23.5. The van der Waals surface area contributed by atoms with Crippen LogP contribution in [-0.4, -0.2) is 140 Å². The smallest absolute Gasteiger partial charge is 0.147 e. The number of aliphatic hydroxyl groups is 8. The van der Waals surface area contributed by atoms with Crippen LogP contribution in [0.1, 0.15) is 54.9 Å². The lowest BCUT2D eigenvalue weighted by Crippen LogP contribution is -2.58. The van der Waals surface area contributed by atoms with Crippen LogP contribution in [0.25, 0.3) is 11.1 Å². The van der Waals surface area contributed by atoms with Crippen molar-refractivity contribution in [1.82, 2.24) is 4.90 Å². The van der Waals surface area contributed by atoms with Crippen LogP contribution in [0.2, 0.25) is 0 Å². The fraction of sp³-hybridized carbons (Fsp3) is 0.579. The molecule has 3 saturated heterocycles. The van der Waals surface area contributed by atoms with Crippen LogP contribution in [0.4, 0.5) is 0 Å². The van der Waals surface area contributed by atoms with E-state index in [-0.39, 0.29) is 5.41 Å². The minimum atomic E-state index is -1.50. The van der Waals surface area contributed by atoms with Gasteiger partial charge in [0, 0.05) is 23.1 Å². The van der Waals surface area contributed by atoms with Gasteiger partial charge in [0.25, 0.3) is 0 Å². The minimum absolute atomic E-state index is 0.312. The molecule has 0 amide bonds. The average Bonchev–Trinajstić information content (AvgIpc) is 3.79. The van der Waals surface area contributed by atoms with Crippen LogP contribution < -0.4 is 0 Å².